The smallest absolute Gasteiger partial charge is 0.140 e. The molecule has 0 aromatic carbocycles. The van der Waals surface area contributed by atoms with Crippen molar-refractivity contribution >= 4 is 15.9 Å². The summed E-state index contributed by atoms with van der Waals surface area (Å²) in [5.74, 6) is 1.06. The van der Waals surface area contributed by atoms with Crippen molar-refractivity contribution in [1.82, 2.24) is 19.7 Å². The molecule has 0 saturated heterocycles. The van der Waals surface area contributed by atoms with Crippen LogP contribution in [0.1, 0.15) is 32.0 Å². The molecular formula is C11H21BrN4. The minimum atomic E-state index is 0.891. The van der Waals surface area contributed by atoms with Crippen LogP contribution in [0.3, 0.4) is 0 Å². The van der Waals surface area contributed by atoms with E-state index in [2.05, 4.69) is 44.9 Å². The summed E-state index contributed by atoms with van der Waals surface area (Å²) < 4.78 is 1.95. The van der Waals surface area contributed by atoms with Gasteiger partial charge in [0, 0.05) is 11.9 Å². The van der Waals surface area contributed by atoms with Crippen molar-refractivity contribution in [3.63, 3.8) is 0 Å². The maximum Gasteiger partial charge on any atom is 0.140 e. The lowest BCUT2D eigenvalue weighted by Crippen LogP contribution is -2.21. The van der Waals surface area contributed by atoms with Gasteiger partial charge in [-0.1, -0.05) is 22.4 Å². The molecule has 0 saturated carbocycles. The van der Waals surface area contributed by atoms with Gasteiger partial charge in [0.2, 0.25) is 0 Å². The van der Waals surface area contributed by atoms with E-state index < -0.39 is 0 Å². The highest BCUT2D eigenvalue weighted by Crippen LogP contribution is 2.03. The lowest BCUT2D eigenvalue weighted by molar-refractivity contribution is 0.303. The van der Waals surface area contributed by atoms with Crippen molar-refractivity contribution in [2.45, 2.75) is 39.3 Å². The summed E-state index contributed by atoms with van der Waals surface area (Å²) in [7, 11) is 2.14. The van der Waals surface area contributed by atoms with Crippen molar-refractivity contribution < 1.29 is 0 Å². The Morgan fingerprint density at radius 1 is 1.38 bits per heavy atom. The molecule has 1 heterocycles. The number of nitrogens with zero attached hydrogens (tertiary/aromatic N) is 4. The Kier molecular flexibility index (Phi) is 6.64. The Morgan fingerprint density at radius 2 is 2.19 bits per heavy atom. The van der Waals surface area contributed by atoms with Crippen LogP contribution in [-0.4, -0.2) is 38.6 Å². The molecule has 0 spiro atoms. The van der Waals surface area contributed by atoms with Gasteiger partial charge in [-0.25, -0.2) is 9.67 Å². The van der Waals surface area contributed by atoms with Crippen LogP contribution >= 0.6 is 15.9 Å². The minimum absolute atomic E-state index is 0.891. The fourth-order valence-corrected chi connectivity index (χ4v) is 2.04. The first-order valence-corrected chi connectivity index (χ1v) is 7.01. The van der Waals surface area contributed by atoms with Crippen molar-refractivity contribution in [1.29, 1.82) is 0 Å². The topological polar surface area (TPSA) is 34.0 Å². The van der Waals surface area contributed by atoms with Crippen molar-refractivity contribution in [3.05, 3.63) is 12.2 Å². The van der Waals surface area contributed by atoms with Crippen LogP contribution in [0.5, 0.6) is 0 Å². The van der Waals surface area contributed by atoms with E-state index in [1.54, 1.807) is 6.33 Å². The number of alkyl halides is 1. The van der Waals surface area contributed by atoms with E-state index in [0.29, 0.717) is 0 Å². The van der Waals surface area contributed by atoms with E-state index in [-0.39, 0.29) is 0 Å². The van der Waals surface area contributed by atoms with Gasteiger partial charge in [0.15, 0.2) is 0 Å². The summed E-state index contributed by atoms with van der Waals surface area (Å²) in [5.41, 5.74) is 0. The molecule has 16 heavy (non-hydrogen) atoms. The Morgan fingerprint density at radius 3 is 2.88 bits per heavy atom. The maximum absolute atomic E-state index is 4.27. The Balaban J connectivity index is 2.25. The van der Waals surface area contributed by atoms with Crippen molar-refractivity contribution in [3.8, 4) is 0 Å². The zero-order chi connectivity index (χ0) is 11.8. The van der Waals surface area contributed by atoms with Gasteiger partial charge in [-0.05, 0) is 33.4 Å². The molecule has 0 fully saturated rings. The molecule has 0 N–H and O–H groups in total. The number of hydrogen-bond donors (Lipinski definition) is 0. The van der Waals surface area contributed by atoms with Crippen LogP contribution in [-0.2, 0) is 13.1 Å². The summed E-state index contributed by atoms with van der Waals surface area (Å²) in [6, 6.07) is 0. The van der Waals surface area contributed by atoms with Crippen LogP contribution in [0.15, 0.2) is 6.33 Å². The predicted octanol–water partition coefficient (Wildman–Crippen LogP) is 2.29. The number of unbranched alkanes of at least 4 members (excludes halogenated alkanes) is 2. The number of aromatic nitrogens is 3. The first-order chi connectivity index (χ1) is 7.77. The van der Waals surface area contributed by atoms with Crippen molar-refractivity contribution in [2.24, 2.45) is 0 Å². The third-order valence-electron chi connectivity index (χ3n) is 2.58. The van der Waals surface area contributed by atoms with Crippen molar-refractivity contribution in [2.75, 3.05) is 18.9 Å². The van der Waals surface area contributed by atoms with Crippen LogP contribution < -0.4 is 0 Å². The van der Waals surface area contributed by atoms with Gasteiger partial charge in [-0.2, -0.15) is 5.10 Å². The number of halogens is 1. The lowest BCUT2D eigenvalue weighted by atomic mass is 10.2. The fraction of sp³-hybridized carbons (Fsp3) is 0.818. The van der Waals surface area contributed by atoms with Crippen LogP contribution in [0.2, 0.25) is 0 Å². The zero-order valence-electron chi connectivity index (χ0n) is 10.2. The minimum Gasteiger partial charge on any atom is -0.299 e. The Hall–Kier alpha value is -0.420. The van der Waals surface area contributed by atoms with Gasteiger partial charge in [-0.3, -0.25) is 4.90 Å². The number of hydrogen-bond acceptors (Lipinski definition) is 3. The first kappa shape index (κ1) is 13.6. The van der Waals surface area contributed by atoms with E-state index in [0.717, 1.165) is 30.8 Å². The molecule has 1 aromatic rings. The average Bonchev–Trinajstić information content (AvgIpc) is 2.71. The van der Waals surface area contributed by atoms with Gasteiger partial charge in [0.05, 0.1) is 6.54 Å². The predicted molar refractivity (Wildman–Crippen MR) is 69.7 cm³/mol. The second kappa shape index (κ2) is 7.79. The summed E-state index contributed by atoms with van der Waals surface area (Å²) in [6.45, 7) is 5.01. The molecule has 1 aromatic heterocycles. The van der Waals surface area contributed by atoms with Gasteiger partial charge in [-0.15, -0.1) is 0 Å². The van der Waals surface area contributed by atoms with Crippen LogP contribution in [0, 0.1) is 0 Å². The molecule has 0 aliphatic carbocycles. The van der Waals surface area contributed by atoms with Gasteiger partial charge in [0.1, 0.15) is 12.2 Å². The normalized spacial score (nSPS) is 11.2. The van der Waals surface area contributed by atoms with E-state index >= 15 is 0 Å². The lowest BCUT2D eigenvalue weighted by Gasteiger charge is -2.15. The van der Waals surface area contributed by atoms with E-state index in [1.165, 1.54) is 19.3 Å². The highest BCUT2D eigenvalue weighted by Gasteiger charge is 2.05. The molecule has 5 heteroatoms. The maximum atomic E-state index is 4.27. The molecule has 0 aliphatic heterocycles. The molecule has 92 valence electrons. The average molecular weight is 289 g/mol. The summed E-state index contributed by atoms with van der Waals surface area (Å²) in [4.78, 5) is 6.58. The molecule has 1 rings (SSSR count). The summed E-state index contributed by atoms with van der Waals surface area (Å²) in [6.07, 6.45) is 5.44. The molecule has 0 atom stereocenters. The molecule has 0 aliphatic rings. The number of rotatable bonds is 8. The third-order valence-corrected chi connectivity index (χ3v) is 3.14. The number of aryl methyl sites for hydroxylation is 1. The molecule has 0 amide bonds. The van der Waals surface area contributed by atoms with Crippen LogP contribution in [0.4, 0.5) is 0 Å². The molecule has 0 unspecified atom stereocenters. The quantitative estimate of drug-likeness (QED) is 0.544. The van der Waals surface area contributed by atoms with E-state index in [1.807, 2.05) is 4.68 Å². The molecule has 4 nitrogen and oxygen atoms in total. The van der Waals surface area contributed by atoms with Gasteiger partial charge >= 0.3 is 0 Å². The van der Waals surface area contributed by atoms with Gasteiger partial charge in [0.25, 0.3) is 0 Å². The van der Waals surface area contributed by atoms with E-state index in [9.17, 15) is 0 Å². The third kappa shape index (κ3) is 4.61. The summed E-state index contributed by atoms with van der Waals surface area (Å²) >= 11 is 3.45. The second-order valence-electron chi connectivity index (χ2n) is 3.98. The largest absolute Gasteiger partial charge is 0.299 e. The zero-order valence-corrected chi connectivity index (χ0v) is 11.8. The summed E-state index contributed by atoms with van der Waals surface area (Å²) in [5, 5.41) is 5.28. The van der Waals surface area contributed by atoms with Gasteiger partial charge < -0.3 is 0 Å². The van der Waals surface area contributed by atoms with Crippen LogP contribution in [0.25, 0.3) is 0 Å². The Labute approximate surface area is 106 Å². The standard InChI is InChI=1S/C11H21BrN4/c1-3-16-11(13-10-14-16)9-15(2)8-6-4-5-7-12/h10H,3-9H2,1-2H3. The second-order valence-corrected chi connectivity index (χ2v) is 4.77. The molecule has 0 bridgehead atoms. The highest BCUT2D eigenvalue weighted by molar-refractivity contribution is 9.09. The fourth-order valence-electron chi connectivity index (χ4n) is 1.65. The molecule has 0 radical (unpaired) electrons. The Bertz CT molecular complexity index is 287. The van der Waals surface area contributed by atoms with E-state index in [4.69, 9.17) is 0 Å². The molecular weight excluding hydrogens is 268 g/mol. The monoisotopic (exact) mass is 288 g/mol. The first-order valence-electron chi connectivity index (χ1n) is 5.89. The highest BCUT2D eigenvalue weighted by atomic mass is 79.9. The SMILES string of the molecule is CCn1ncnc1CN(C)CCCCCBr.